The lowest BCUT2D eigenvalue weighted by Gasteiger charge is -2.00. The highest BCUT2D eigenvalue weighted by molar-refractivity contribution is 7.25. The summed E-state index contributed by atoms with van der Waals surface area (Å²) < 4.78 is 10.3. The molecule has 0 aliphatic carbocycles. The van der Waals surface area contributed by atoms with Crippen molar-refractivity contribution < 1.29 is 33.3 Å². The number of benzene rings is 2. The number of nitrogens with zero attached hydrogens (tertiary/aromatic N) is 1. The van der Waals surface area contributed by atoms with E-state index < -0.39 is 0 Å². The molecule has 0 N–H and O–H groups in total. The maximum atomic E-state index is 5.36. The predicted octanol–water partition coefficient (Wildman–Crippen LogP) is 1.04. The lowest BCUT2D eigenvalue weighted by atomic mass is 10.1. The standard InChI is InChI=1S/C17H14NOS.HI/c1-18-14-6-4-3-5-11(14)9-16-17(18)13-10-12(19-2)7-8-15(13)20-16;/h3-10H,1-2H3;1H/q+1;/p-1. The van der Waals surface area contributed by atoms with E-state index in [0.717, 1.165) is 5.75 Å². The van der Waals surface area contributed by atoms with E-state index in [1.807, 2.05) is 17.4 Å². The highest BCUT2D eigenvalue weighted by atomic mass is 127. The highest BCUT2D eigenvalue weighted by Crippen LogP contribution is 2.35. The van der Waals surface area contributed by atoms with Gasteiger partial charge >= 0.3 is 0 Å². The van der Waals surface area contributed by atoms with Crippen molar-refractivity contribution in [3.05, 3.63) is 48.5 Å². The Labute approximate surface area is 144 Å². The van der Waals surface area contributed by atoms with Crippen LogP contribution in [0.15, 0.2) is 48.5 Å². The van der Waals surface area contributed by atoms with Crippen LogP contribution in [0.25, 0.3) is 31.2 Å². The summed E-state index contributed by atoms with van der Waals surface area (Å²) in [7, 11) is 3.85. The first kappa shape index (κ1) is 14.5. The third-order valence-electron chi connectivity index (χ3n) is 3.82. The Balaban J connectivity index is 0.00000132. The smallest absolute Gasteiger partial charge is 0.231 e. The van der Waals surface area contributed by atoms with Gasteiger partial charge in [-0.15, -0.1) is 11.3 Å². The number of methoxy groups -OCH3 is 1. The van der Waals surface area contributed by atoms with Gasteiger partial charge in [-0.05, 0) is 30.3 Å². The zero-order valence-electron chi connectivity index (χ0n) is 11.8. The van der Waals surface area contributed by atoms with Crippen molar-refractivity contribution in [3.63, 3.8) is 0 Å². The SMILES string of the molecule is COc1ccc2sc3cc4ccccc4[n+](C)c3c2c1.[I-]. The van der Waals surface area contributed by atoms with Crippen molar-refractivity contribution in [1.82, 2.24) is 0 Å². The van der Waals surface area contributed by atoms with Crippen LogP contribution in [-0.2, 0) is 7.05 Å². The summed E-state index contributed by atoms with van der Waals surface area (Å²) in [5, 5.41) is 2.54. The van der Waals surface area contributed by atoms with Crippen LogP contribution >= 0.6 is 11.3 Å². The fraction of sp³-hybridized carbons (Fsp3) is 0.118. The molecule has 4 aromatic rings. The van der Waals surface area contributed by atoms with Crippen LogP contribution in [-0.4, -0.2) is 7.11 Å². The van der Waals surface area contributed by atoms with Crippen LogP contribution in [0.5, 0.6) is 5.75 Å². The first-order chi connectivity index (χ1) is 9.78. The number of para-hydroxylation sites is 1. The quantitative estimate of drug-likeness (QED) is 0.340. The van der Waals surface area contributed by atoms with Gasteiger partial charge in [0, 0.05) is 16.2 Å². The normalized spacial score (nSPS) is 11.0. The number of hydrogen-bond donors (Lipinski definition) is 0. The average molecular weight is 407 g/mol. The summed E-state index contributed by atoms with van der Waals surface area (Å²) in [5.74, 6) is 0.908. The van der Waals surface area contributed by atoms with Crippen LogP contribution in [0.1, 0.15) is 0 Å². The van der Waals surface area contributed by atoms with Crippen molar-refractivity contribution in [2.45, 2.75) is 0 Å². The van der Waals surface area contributed by atoms with E-state index in [-0.39, 0.29) is 24.0 Å². The summed E-state index contributed by atoms with van der Waals surface area (Å²) in [6.07, 6.45) is 0. The molecule has 4 heteroatoms. The fourth-order valence-electron chi connectivity index (χ4n) is 2.83. The van der Waals surface area contributed by atoms with Gasteiger partial charge in [-0.2, -0.15) is 4.57 Å². The molecule has 0 saturated heterocycles. The van der Waals surface area contributed by atoms with E-state index in [1.165, 1.54) is 31.2 Å². The molecule has 0 atom stereocenters. The molecule has 0 radical (unpaired) electrons. The monoisotopic (exact) mass is 407 g/mol. The summed E-state index contributed by atoms with van der Waals surface area (Å²) in [4.78, 5) is 0. The Hall–Kier alpha value is -1.40. The predicted molar refractivity (Wildman–Crippen MR) is 84.6 cm³/mol. The Kier molecular flexibility index (Phi) is 3.75. The molecule has 0 unspecified atom stereocenters. The second kappa shape index (κ2) is 5.42. The van der Waals surface area contributed by atoms with E-state index in [4.69, 9.17) is 4.74 Å². The molecule has 21 heavy (non-hydrogen) atoms. The number of fused-ring (bicyclic) bond motifs is 4. The van der Waals surface area contributed by atoms with Gasteiger partial charge < -0.3 is 28.7 Å². The largest absolute Gasteiger partial charge is 1.00 e. The first-order valence-electron chi connectivity index (χ1n) is 6.56. The molecule has 0 aliphatic rings. The number of pyridine rings is 1. The second-order valence-corrected chi connectivity index (χ2v) is 6.02. The van der Waals surface area contributed by atoms with Crippen LogP contribution in [0.3, 0.4) is 0 Å². The van der Waals surface area contributed by atoms with Gasteiger partial charge in [-0.25, -0.2) is 0 Å². The minimum absolute atomic E-state index is 0. The minimum Gasteiger partial charge on any atom is -1.00 e. The maximum absolute atomic E-state index is 5.36. The van der Waals surface area contributed by atoms with Gasteiger partial charge in [0.15, 0.2) is 0 Å². The molecule has 4 rings (SSSR count). The Bertz CT molecular complexity index is 961. The number of thiophene rings is 1. The lowest BCUT2D eigenvalue weighted by molar-refractivity contribution is -0.616. The third kappa shape index (κ3) is 2.17. The molecule has 0 spiro atoms. The van der Waals surface area contributed by atoms with Crippen LogP contribution in [0.4, 0.5) is 0 Å². The van der Waals surface area contributed by atoms with Gasteiger partial charge in [0.2, 0.25) is 11.0 Å². The molecule has 2 nitrogen and oxygen atoms in total. The molecule has 2 aromatic carbocycles. The number of rotatable bonds is 1. The van der Waals surface area contributed by atoms with E-state index in [9.17, 15) is 0 Å². The second-order valence-electron chi connectivity index (χ2n) is 4.94. The fourth-order valence-corrected chi connectivity index (χ4v) is 4.00. The van der Waals surface area contributed by atoms with E-state index in [0.29, 0.717) is 0 Å². The van der Waals surface area contributed by atoms with Crippen molar-refractivity contribution >= 4 is 42.5 Å². The van der Waals surface area contributed by atoms with Gasteiger partial charge in [-0.3, -0.25) is 0 Å². The summed E-state index contributed by atoms with van der Waals surface area (Å²) >= 11 is 1.83. The molecule has 0 saturated carbocycles. The van der Waals surface area contributed by atoms with Gasteiger partial charge in [-0.1, -0.05) is 12.1 Å². The maximum Gasteiger partial charge on any atom is 0.231 e. The van der Waals surface area contributed by atoms with Crippen LogP contribution in [0.2, 0.25) is 0 Å². The topological polar surface area (TPSA) is 13.1 Å². The van der Waals surface area contributed by atoms with Crippen molar-refractivity contribution in [1.29, 1.82) is 0 Å². The van der Waals surface area contributed by atoms with Gasteiger partial charge in [0.25, 0.3) is 0 Å². The molecule has 2 aromatic heterocycles. The Morgan fingerprint density at radius 1 is 1.00 bits per heavy atom. The summed E-state index contributed by atoms with van der Waals surface area (Å²) in [6.45, 7) is 0. The van der Waals surface area contributed by atoms with Crippen LogP contribution < -0.4 is 33.3 Å². The number of ether oxygens (including phenoxy) is 1. The zero-order valence-corrected chi connectivity index (χ0v) is 14.7. The van der Waals surface area contributed by atoms with Crippen molar-refractivity contribution in [2.24, 2.45) is 7.05 Å². The summed E-state index contributed by atoms with van der Waals surface area (Å²) in [5.41, 5.74) is 2.53. The van der Waals surface area contributed by atoms with E-state index >= 15 is 0 Å². The third-order valence-corrected chi connectivity index (χ3v) is 4.92. The first-order valence-corrected chi connectivity index (χ1v) is 7.37. The molecular weight excluding hydrogens is 393 g/mol. The van der Waals surface area contributed by atoms with Gasteiger partial charge in [0.05, 0.1) is 12.5 Å². The zero-order chi connectivity index (χ0) is 13.7. The Morgan fingerprint density at radius 3 is 2.62 bits per heavy atom. The van der Waals surface area contributed by atoms with Crippen LogP contribution in [0, 0.1) is 0 Å². The summed E-state index contributed by atoms with van der Waals surface area (Å²) in [6, 6.07) is 17.1. The number of halogens is 1. The number of aryl methyl sites for hydroxylation is 1. The number of hydrogen-bond acceptors (Lipinski definition) is 2. The molecule has 106 valence electrons. The van der Waals surface area contributed by atoms with E-state index in [2.05, 4.69) is 54.1 Å². The average Bonchev–Trinajstić information content (AvgIpc) is 2.84. The number of aromatic nitrogens is 1. The molecule has 0 aliphatic heterocycles. The van der Waals surface area contributed by atoms with Gasteiger partial charge in [0.1, 0.15) is 17.5 Å². The van der Waals surface area contributed by atoms with Crippen molar-refractivity contribution in [2.75, 3.05) is 7.11 Å². The van der Waals surface area contributed by atoms with Crippen molar-refractivity contribution in [3.8, 4) is 5.75 Å². The molecule has 0 amide bonds. The molecule has 2 heterocycles. The lowest BCUT2D eigenvalue weighted by Crippen LogP contribution is -3.00. The molecular formula is C17H14INOS. The molecule has 0 bridgehead atoms. The Morgan fingerprint density at radius 2 is 1.81 bits per heavy atom. The van der Waals surface area contributed by atoms with E-state index in [1.54, 1.807) is 7.11 Å². The molecule has 0 fully saturated rings. The highest BCUT2D eigenvalue weighted by Gasteiger charge is 2.17. The minimum atomic E-state index is 0.